The zero-order valence-electron chi connectivity index (χ0n) is 18.6. The molecule has 3 aromatic rings. The number of amides is 2. The maximum atomic E-state index is 12.7. The van der Waals surface area contributed by atoms with Crippen molar-refractivity contribution in [3.63, 3.8) is 0 Å². The van der Waals surface area contributed by atoms with Crippen molar-refractivity contribution >= 4 is 34.8 Å². The molecular formula is C26H27N3O3S. The fourth-order valence-electron chi connectivity index (χ4n) is 3.02. The lowest BCUT2D eigenvalue weighted by atomic mass is 10.1. The van der Waals surface area contributed by atoms with E-state index >= 15 is 0 Å². The van der Waals surface area contributed by atoms with E-state index in [4.69, 9.17) is 17.0 Å². The van der Waals surface area contributed by atoms with Crippen LogP contribution in [0.15, 0.2) is 78.9 Å². The molecule has 6 nitrogen and oxygen atoms in total. The van der Waals surface area contributed by atoms with E-state index in [0.717, 1.165) is 12.0 Å². The Morgan fingerprint density at radius 3 is 2.42 bits per heavy atom. The molecule has 170 valence electrons. The Morgan fingerprint density at radius 2 is 1.67 bits per heavy atom. The first-order chi connectivity index (χ1) is 16.0. The number of benzene rings is 3. The molecule has 0 radical (unpaired) electrons. The van der Waals surface area contributed by atoms with Gasteiger partial charge in [-0.3, -0.25) is 14.9 Å². The maximum absolute atomic E-state index is 12.7. The number of rotatable bonds is 8. The zero-order chi connectivity index (χ0) is 23.6. The van der Waals surface area contributed by atoms with Crippen LogP contribution in [0.5, 0.6) is 5.75 Å². The number of carbonyl (C=O) groups excluding carboxylic acids is 2. The summed E-state index contributed by atoms with van der Waals surface area (Å²) in [6.07, 6.45) is 0.915. The summed E-state index contributed by atoms with van der Waals surface area (Å²) in [7, 11) is 0. The van der Waals surface area contributed by atoms with Gasteiger partial charge in [-0.2, -0.15) is 0 Å². The van der Waals surface area contributed by atoms with Gasteiger partial charge in [-0.1, -0.05) is 55.5 Å². The number of anilines is 1. The first-order valence-corrected chi connectivity index (χ1v) is 11.2. The molecule has 1 unspecified atom stereocenters. The third-order valence-electron chi connectivity index (χ3n) is 4.95. The Labute approximate surface area is 199 Å². The number of hydrogen-bond acceptors (Lipinski definition) is 4. The molecule has 0 aromatic heterocycles. The van der Waals surface area contributed by atoms with E-state index in [1.807, 2.05) is 50.2 Å². The van der Waals surface area contributed by atoms with Crippen molar-refractivity contribution < 1.29 is 14.3 Å². The standard InChI is InChI=1S/C26H27N3O3S/c1-3-18(2)32-21-13-9-12-20(16-21)24(30)29-26(33)28-23-15-8-7-14-22(23)25(31)27-17-19-10-5-4-6-11-19/h4-16,18H,3,17H2,1-2H3,(H,27,31)(H2,28,29,30,33). The van der Waals surface area contributed by atoms with Crippen LogP contribution in [-0.2, 0) is 6.54 Å². The molecule has 33 heavy (non-hydrogen) atoms. The summed E-state index contributed by atoms with van der Waals surface area (Å²) in [5.74, 6) is 0.00963. The van der Waals surface area contributed by atoms with Gasteiger partial charge in [0.2, 0.25) is 0 Å². The molecule has 0 saturated heterocycles. The SMILES string of the molecule is CCC(C)Oc1cccc(C(=O)NC(=S)Nc2ccccc2C(=O)NCc2ccccc2)c1. The molecule has 1 atom stereocenters. The van der Waals surface area contributed by atoms with E-state index in [9.17, 15) is 9.59 Å². The summed E-state index contributed by atoms with van der Waals surface area (Å²) < 4.78 is 5.78. The molecule has 3 aromatic carbocycles. The van der Waals surface area contributed by atoms with E-state index in [0.29, 0.717) is 29.1 Å². The van der Waals surface area contributed by atoms with Crippen LogP contribution in [0.1, 0.15) is 46.5 Å². The van der Waals surface area contributed by atoms with Crippen molar-refractivity contribution in [3.8, 4) is 5.75 Å². The highest BCUT2D eigenvalue weighted by atomic mass is 32.1. The van der Waals surface area contributed by atoms with Crippen LogP contribution in [0.4, 0.5) is 5.69 Å². The number of para-hydroxylation sites is 1. The molecule has 0 aliphatic rings. The van der Waals surface area contributed by atoms with Gasteiger partial charge in [0.25, 0.3) is 11.8 Å². The highest BCUT2D eigenvalue weighted by Gasteiger charge is 2.14. The first-order valence-electron chi connectivity index (χ1n) is 10.8. The van der Waals surface area contributed by atoms with Crippen LogP contribution >= 0.6 is 12.2 Å². The number of hydrogen-bond donors (Lipinski definition) is 3. The van der Waals surface area contributed by atoms with Gasteiger partial charge >= 0.3 is 0 Å². The van der Waals surface area contributed by atoms with Crippen LogP contribution in [0.25, 0.3) is 0 Å². The normalized spacial score (nSPS) is 11.2. The summed E-state index contributed by atoms with van der Waals surface area (Å²) in [4.78, 5) is 25.4. The molecule has 2 amide bonds. The van der Waals surface area contributed by atoms with Crippen LogP contribution in [0.2, 0.25) is 0 Å². The van der Waals surface area contributed by atoms with E-state index < -0.39 is 0 Å². The quantitative estimate of drug-likeness (QED) is 0.415. The van der Waals surface area contributed by atoms with Crippen molar-refractivity contribution in [1.29, 1.82) is 0 Å². The zero-order valence-corrected chi connectivity index (χ0v) is 19.4. The van der Waals surface area contributed by atoms with Crippen molar-refractivity contribution in [2.45, 2.75) is 32.9 Å². The molecular weight excluding hydrogens is 434 g/mol. The summed E-state index contributed by atoms with van der Waals surface area (Å²) >= 11 is 5.32. The van der Waals surface area contributed by atoms with Crippen LogP contribution in [-0.4, -0.2) is 23.0 Å². The minimum absolute atomic E-state index is 0.0515. The van der Waals surface area contributed by atoms with Gasteiger partial charge in [0.05, 0.1) is 17.4 Å². The number of thiocarbonyl (C=S) groups is 1. The van der Waals surface area contributed by atoms with Crippen molar-refractivity contribution in [2.24, 2.45) is 0 Å². The van der Waals surface area contributed by atoms with Crippen molar-refractivity contribution in [2.75, 3.05) is 5.32 Å². The van der Waals surface area contributed by atoms with Gasteiger partial charge in [0, 0.05) is 12.1 Å². The van der Waals surface area contributed by atoms with Gasteiger partial charge in [0.1, 0.15) is 5.75 Å². The second-order valence-corrected chi connectivity index (χ2v) is 7.89. The molecule has 0 saturated carbocycles. The third kappa shape index (κ3) is 7.15. The number of carbonyl (C=O) groups is 2. The predicted molar refractivity (Wildman–Crippen MR) is 135 cm³/mol. The highest BCUT2D eigenvalue weighted by Crippen LogP contribution is 2.17. The van der Waals surface area contributed by atoms with Crippen LogP contribution in [0, 0.1) is 0 Å². The van der Waals surface area contributed by atoms with E-state index in [1.54, 1.807) is 42.5 Å². The minimum Gasteiger partial charge on any atom is -0.491 e. The second kappa shape index (κ2) is 11.8. The summed E-state index contributed by atoms with van der Waals surface area (Å²) in [6, 6.07) is 23.6. The Hall–Kier alpha value is -3.71. The fraction of sp³-hybridized carbons (Fsp3) is 0.192. The van der Waals surface area contributed by atoms with E-state index in [2.05, 4.69) is 16.0 Å². The van der Waals surface area contributed by atoms with Gasteiger partial charge < -0.3 is 15.4 Å². The second-order valence-electron chi connectivity index (χ2n) is 7.49. The molecule has 3 rings (SSSR count). The summed E-state index contributed by atoms with van der Waals surface area (Å²) in [5.41, 5.74) is 2.35. The molecule has 0 aliphatic heterocycles. The number of nitrogens with one attached hydrogen (secondary N) is 3. The first kappa shape index (κ1) is 23.9. The monoisotopic (exact) mass is 461 g/mol. The molecule has 3 N–H and O–H groups in total. The smallest absolute Gasteiger partial charge is 0.257 e. The Balaban J connectivity index is 1.62. The maximum Gasteiger partial charge on any atom is 0.257 e. The summed E-state index contributed by atoms with van der Waals surface area (Å²) in [6.45, 7) is 4.41. The lowest BCUT2D eigenvalue weighted by Crippen LogP contribution is -2.35. The Bertz CT molecular complexity index is 1120. The minimum atomic E-state index is -0.367. The van der Waals surface area contributed by atoms with Crippen LogP contribution < -0.4 is 20.7 Å². The third-order valence-corrected chi connectivity index (χ3v) is 5.16. The highest BCUT2D eigenvalue weighted by molar-refractivity contribution is 7.80. The molecule has 7 heteroatoms. The molecule has 0 spiro atoms. The molecule has 0 aliphatic carbocycles. The van der Waals surface area contributed by atoms with Gasteiger partial charge in [-0.05, 0) is 61.5 Å². The fourth-order valence-corrected chi connectivity index (χ4v) is 3.22. The van der Waals surface area contributed by atoms with Gasteiger partial charge in [-0.15, -0.1) is 0 Å². The molecule has 0 fully saturated rings. The lowest BCUT2D eigenvalue weighted by molar-refractivity contribution is 0.0950. The number of ether oxygens (including phenoxy) is 1. The average molecular weight is 462 g/mol. The lowest BCUT2D eigenvalue weighted by Gasteiger charge is -2.15. The predicted octanol–water partition coefficient (Wildman–Crippen LogP) is 4.92. The molecule has 0 bridgehead atoms. The van der Waals surface area contributed by atoms with E-state index in [-0.39, 0.29) is 23.0 Å². The molecule has 0 heterocycles. The van der Waals surface area contributed by atoms with Crippen molar-refractivity contribution in [3.05, 3.63) is 95.6 Å². The van der Waals surface area contributed by atoms with E-state index in [1.165, 1.54) is 0 Å². The Morgan fingerprint density at radius 1 is 0.939 bits per heavy atom. The largest absolute Gasteiger partial charge is 0.491 e. The average Bonchev–Trinajstić information content (AvgIpc) is 2.83. The topological polar surface area (TPSA) is 79.5 Å². The van der Waals surface area contributed by atoms with Gasteiger partial charge in [-0.25, -0.2) is 0 Å². The summed E-state index contributed by atoms with van der Waals surface area (Å²) in [5, 5.41) is 8.60. The van der Waals surface area contributed by atoms with Crippen molar-refractivity contribution in [1.82, 2.24) is 10.6 Å². The van der Waals surface area contributed by atoms with Gasteiger partial charge in [0.15, 0.2) is 5.11 Å². The van der Waals surface area contributed by atoms with Crippen LogP contribution in [0.3, 0.4) is 0 Å². The Kier molecular flexibility index (Phi) is 8.55.